The second-order valence-corrected chi connectivity index (χ2v) is 32.9. The molecule has 0 amide bonds. The minimum atomic E-state index is -3.19. The van der Waals surface area contributed by atoms with E-state index < -0.39 is 21.8 Å². The Labute approximate surface area is 394 Å². The third-order valence-electron chi connectivity index (χ3n) is 13.9. The molecule has 6 aromatic carbocycles. The Hall–Kier alpha value is -4.40. The quantitative estimate of drug-likeness (QED) is 0.163. The summed E-state index contributed by atoms with van der Waals surface area (Å²) >= 11 is -3.19. The van der Waals surface area contributed by atoms with Gasteiger partial charge >= 0.3 is 397 Å². The van der Waals surface area contributed by atoms with E-state index >= 15 is 0 Å². The van der Waals surface area contributed by atoms with Crippen LogP contribution in [0.5, 0.6) is 0 Å². The van der Waals surface area contributed by atoms with E-state index in [0.29, 0.717) is 0 Å². The van der Waals surface area contributed by atoms with E-state index in [0.717, 1.165) is 0 Å². The van der Waals surface area contributed by atoms with E-state index in [4.69, 9.17) is 0 Å². The molecule has 3 heterocycles. The van der Waals surface area contributed by atoms with E-state index in [1.807, 2.05) is 0 Å². The second kappa shape index (κ2) is 14.6. The molecule has 4 heteroatoms. The molecule has 9 rings (SSSR count). The van der Waals surface area contributed by atoms with Gasteiger partial charge in [0.05, 0.1) is 0 Å². The van der Waals surface area contributed by atoms with Crippen LogP contribution in [0.25, 0.3) is 0 Å². The second-order valence-electron chi connectivity index (χ2n) is 25.1. The van der Waals surface area contributed by atoms with Crippen LogP contribution in [0.1, 0.15) is 158 Å². The van der Waals surface area contributed by atoms with Gasteiger partial charge in [-0.05, 0) is 0 Å². The average molecular weight is 1040 g/mol. The van der Waals surface area contributed by atoms with Crippen molar-refractivity contribution < 1.29 is 0 Å². The Morgan fingerprint density at radius 1 is 0.250 bits per heavy atom. The molecule has 0 aromatic heterocycles. The Balaban J connectivity index is 1.47. The fraction of sp³-hybridized carbons (Fsp3) is 0.400. The van der Waals surface area contributed by atoms with Crippen LogP contribution >= 0.6 is 0 Å². The Morgan fingerprint density at radius 3 is 0.578 bits per heavy atom. The summed E-state index contributed by atoms with van der Waals surface area (Å²) in [5, 5.41) is 0. The summed E-state index contributed by atoms with van der Waals surface area (Å²) in [4.78, 5) is 8.05. The van der Waals surface area contributed by atoms with Crippen LogP contribution in [0.3, 0.4) is 0 Å². The average Bonchev–Trinajstić information content (AvgIpc) is 3.18. The number of hydrogen-bond donors (Lipinski definition) is 0. The van der Waals surface area contributed by atoms with Crippen LogP contribution < -0.4 is 24.5 Å². The fourth-order valence-electron chi connectivity index (χ4n) is 9.71. The molecule has 3 aliphatic heterocycles. The first-order valence-electron chi connectivity index (χ1n) is 23.6. The molecule has 0 atom stereocenters. The molecule has 0 unspecified atom stereocenters. The fourth-order valence-corrected chi connectivity index (χ4v) is 21.5. The molecular formula is C60H72BiN3. The number of nitrogens with zero attached hydrogens (tertiary/aromatic N) is 3. The zero-order valence-corrected chi connectivity index (χ0v) is 45.7. The molecule has 0 saturated carbocycles. The van der Waals surface area contributed by atoms with Crippen LogP contribution in [-0.4, -0.2) is 21.8 Å². The van der Waals surface area contributed by atoms with Crippen LogP contribution in [-0.2, 0) is 32.5 Å². The van der Waals surface area contributed by atoms with Crippen LogP contribution in [0.15, 0.2) is 109 Å². The van der Waals surface area contributed by atoms with Crippen molar-refractivity contribution in [1.82, 2.24) is 0 Å². The summed E-state index contributed by atoms with van der Waals surface area (Å²) in [7, 11) is 0. The summed E-state index contributed by atoms with van der Waals surface area (Å²) in [6.07, 6.45) is 0. The zero-order chi connectivity index (χ0) is 46.4. The molecule has 0 N–H and O–H groups in total. The van der Waals surface area contributed by atoms with Gasteiger partial charge in [-0.3, -0.25) is 0 Å². The molecule has 3 nitrogen and oxygen atoms in total. The van der Waals surface area contributed by atoms with Crippen molar-refractivity contribution in [2.24, 2.45) is 0 Å². The van der Waals surface area contributed by atoms with Crippen molar-refractivity contribution in [3.05, 3.63) is 143 Å². The first-order valence-corrected chi connectivity index (χ1v) is 28.8. The number of benzene rings is 6. The third kappa shape index (κ3) is 7.43. The van der Waals surface area contributed by atoms with Gasteiger partial charge in [0.1, 0.15) is 0 Å². The third-order valence-corrected chi connectivity index (χ3v) is 24.5. The van der Waals surface area contributed by atoms with Crippen molar-refractivity contribution in [3.8, 4) is 0 Å². The summed E-state index contributed by atoms with van der Waals surface area (Å²) in [6, 6.07) is 44.2. The van der Waals surface area contributed by atoms with Crippen molar-refractivity contribution in [3.63, 3.8) is 0 Å². The van der Waals surface area contributed by atoms with E-state index in [1.165, 1.54) is 84.6 Å². The molecule has 0 aliphatic carbocycles. The van der Waals surface area contributed by atoms with Crippen molar-refractivity contribution in [2.45, 2.75) is 157 Å². The van der Waals surface area contributed by atoms with Gasteiger partial charge in [-0.15, -0.1) is 0 Å². The minimum absolute atomic E-state index is 0.0520. The molecule has 332 valence electrons. The molecular weight excluding hydrogens is 972 g/mol. The van der Waals surface area contributed by atoms with Gasteiger partial charge in [-0.25, -0.2) is 0 Å². The van der Waals surface area contributed by atoms with Crippen molar-refractivity contribution in [2.75, 3.05) is 14.7 Å². The monoisotopic (exact) mass is 1040 g/mol. The van der Waals surface area contributed by atoms with Crippen molar-refractivity contribution >= 4 is 82.8 Å². The molecule has 0 spiro atoms. The van der Waals surface area contributed by atoms with E-state index in [9.17, 15) is 0 Å². The van der Waals surface area contributed by atoms with Gasteiger partial charge in [0.25, 0.3) is 0 Å². The Kier molecular flexibility index (Phi) is 10.2. The summed E-state index contributed by atoms with van der Waals surface area (Å²) in [6.45, 7) is 42.3. The van der Waals surface area contributed by atoms with E-state index in [1.54, 1.807) is 9.81 Å². The van der Waals surface area contributed by atoms with Gasteiger partial charge in [0, 0.05) is 0 Å². The number of hydrogen-bond acceptors (Lipinski definition) is 3. The summed E-state index contributed by atoms with van der Waals surface area (Å²) in [5.74, 6) is 0. The predicted octanol–water partition coefficient (Wildman–Crippen LogP) is 15.3. The number of rotatable bonds is 3. The Bertz CT molecular complexity index is 2420. The molecule has 64 heavy (non-hydrogen) atoms. The van der Waals surface area contributed by atoms with Gasteiger partial charge < -0.3 is 0 Å². The van der Waals surface area contributed by atoms with Gasteiger partial charge in [0.2, 0.25) is 0 Å². The molecule has 6 aromatic rings. The van der Waals surface area contributed by atoms with Gasteiger partial charge in [0.15, 0.2) is 0 Å². The van der Waals surface area contributed by atoms with Crippen LogP contribution in [0.2, 0.25) is 0 Å². The van der Waals surface area contributed by atoms with Gasteiger partial charge in [-0.2, -0.15) is 0 Å². The first-order chi connectivity index (χ1) is 29.5. The van der Waals surface area contributed by atoms with E-state index in [-0.39, 0.29) is 32.5 Å². The standard InChI is InChI=1S/C60H72N3.Bi/c1-55(2,3)40-19-25-46(26-20-40)61-49-31-43(58(10,11)12)33-51(37-49)62(47-27-21-41(22-28-47)56(4,5)6)53-35-45(60(16,17)18)36-54(39-53)63(48-29-23-42(24-30-48)57(7,8)9)52-34-44(59(13,14)15)32-50(61)38-52;/h19-36H,1-18H3;. The molecule has 3 aliphatic rings. The zero-order valence-electron chi connectivity index (χ0n) is 42.2. The molecule has 0 saturated heterocycles. The summed E-state index contributed by atoms with van der Waals surface area (Å²) in [5.41, 5.74) is 19.9. The summed E-state index contributed by atoms with van der Waals surface area (Å²) < 4.78 is 4.75. The maximum atomic E-state index is 2.68. The van der Waals surface area contributed by atoms with Gasteiger partial charge in [-0.1, -0.05) is 0 Å². The molecule has 0 bridgehead atoms. The van der Waals surface area contributed by atoms with E-state index in [2.05, 4.69) is 249 Å². The first kappa shape index (κ1) is 44.8. The molecule has 0 radical (unpaired) electrons. The number of anilines is 9. The Morgan fingerprint density at radius 2 is 0.422 bits per heavy atom. The topological polar surface area (TPSA) is 9.72 Å². The molecule has 0 fully saturated rings. The van der Waals surface area contributed by atoms with Crippen LogP contribution in [0.4, 0.5) is 51.2 Å². The van der Waals surface area contributed by atoms with Crippen LogP contribution in [0, 0.1) is 0 Å². The predicted molar refractivity (Wildman–Crippen MR) is 281 cm³/mol. The maximum absolute atomic E-state index is 3.19. The normalized spacial score (nSPS) is 15.2. The SMILES string of the molecule is CC(C)(C)c1ccc(N2c3cc(C(C)(C)C)cc4[c]3[Bi]3[c]5c2cc(C(C)(C)C)cc5N(c2ccc(C(C)(C)C)cc2)c2cc(C(C)(C)C)cc([c]23)N4c2ccc(C(C)(C)C)cc2)cc1. The van der Waals surface area contributed by atoms with Crippen molar-refractivity contribution in [1.29, 1.82) is 0 Å².